The molecule has 0 fully saturated rings. The van der Waals surface area contributed by atoms with Gasteiger partial charge in [0, 0.05) is 19.2 Å². The Hall–Kier alpha value is -2.42. The van der Waals surface area contributed by atoms with Gasteiger partial charge in [-0.05, 0) is 105 Å². The van der Waals surface area contributed by atoms with Crippen LogP contribution in [0.1, 0.15) is 191 Å². The lowest BCUT2D eigenvalue weighted by Crippen LogP contribution is -1.84. The number of unbranched alkanes of at least 4 members (excludes halogenated alkanes) is 24. The number of fused-ring (bicyclic) bond motifs is 7. The summed E-state index contributed by atoms with van der Waals surface area (Å²) in [4.78, 5) is 3.13. The molecule has 0 saturated carbocycles. The molecule has 0 aliphatic carbocycles. The van der Waals surface area contributed by atoms with Gasteiger partial charge in [0.15, 0.2) is 0 Å². The molecule has 0 radical (unpaired) electrons. The molecule has 2 heteroatoms. The molecule has 0 nitrogen and oxygen atoms in total. The monoisotopic (exact) mass is 761 g/mol. The van der Waals surface area contributed by atoms with Crippen LogP contribution in [0.5, 0.6) is 0 Å². The third-order valence-corrected chi connectivity index (χ3v) is 14.6. The van der Waals surface area contributed by atoms with Crippen LogP contribution in [0, 0.1) is 0 Å². The lowest BCUT2D eigenvalue weighted by atomic mass is 9.96. The number of thiophene rings is 2. The first-order valence-corrected chi connectivity index (χ1v) is 24.6. The summed E-state index contributed by atoms with van der Waals surface area (Å²) in [5.74, 6) is 0. The van der Waals surface area contributed by atoms with Crippen LogP contribution < -0.4 is 0 Å². The smallest absolute Gasteiger partial charge is 0.0352 e. The van der Waals surface area contributed by atoms with Crippen molar-refractivity contribution in [2.45, 2.75) is 194 Å². The third kappa shape index (κ3) is 12.3. The summed E-state index contributed by atoms with van der Waals surface area (Å²) in [5.41, 5.74) is 0. The van der Waals surface area contributed by atoms with Crippen LogP contribution in [-0.2, 0) is 12.8 Å². The number of aryl methyl sites for hydroxylation is 2. The summed E-state index contributed by atoms with van der Waals surface area (Å²) in [6, 6.07) is 24.4. The van der Waals surface area contributed by atoms with Gasteiger partial charge >= 0.3 is 0 Å². The highest BCUT2D eigenvalue weighted by Crippen LogP contribution is 2.39. The predicted molar refractivity (Wildman–Crippen MR) is 249 cm³/mol. The van der Waals surface area contributed by atoms with Crippen LogP contribution in [-0.4, -0.2) is 0 Å². The second-order valence-corrected chi connectivity index (χ2v) is 19.2. The van der Waals surface area contributed by atoms with Gasteiger partial charge in [-0.25, -0.2) is 0 Å². The summed E-state index contributed by atoms with van der Waals surface area (Å²) in [5, 5.41) is 11.2. The minimum Gasteiger partial charge on any atom is -0.140 e. The zero-order chi connectivity index (χ0) is 37.2. The van der Waals surface area contributed by atoms with Crippen molar-refractivity contribution in [3.8, 4) is 0 Å². The Morgan fingerprint density at radius 2 is 0.611 bits per heavy atom. The van der Waals surface area contributed by atoms with Crippen molar-refractivity contribution in [1.29, 1.82) is 0 Å². The van der Waals surface area contributed by atoms with Gasteiger partial charge in [0.2, 0.25) is 0 Å². The van der Waals surface area contributed by atoms with E-state index in [1.54, 1.807) is 9.75 Å². The quantitative estimate of drug-likeness (QED) is 0.0345. The predicted octanol–water partition coefficient (Wildman–Crippen LogP) is 18.8. The summed E-state index contributed by atoms with van der Waals surface area (Å²) in [7, 11) is 0. The van der Waals surface area contributed by atoms with Crippen molar-refractivity contribution in [3.63, 3.8) is 0 Å². The summed E-state index contributed by atoms with van der Waals surface area (Å²) < 4.78 is 2.90. The van der Waals surface area contributed by atoms with Gasteiger partial charge in [-0.2, -0.15) is 0 Å². The van der Waals surface area contributed by atoms with Crippen molar-refractivity contribution in [2.24, 2.45) is 0 Å². The summed E-state index contributed by atoms with van der Waals surface area (Å²) in [6.07, 6.45) is 39.4. The molecule has 292 valence electrons. The average Bonchev–Trinajstić information content (AvgIpc) is 3.78. The Balaban J connectivity index is 0.968. The van der Waals surface area contributed by atoms with Crippen LogP contribution >= 0.6 is 22.7 Å². The van der Waals surface area contributed by atoms with E-state index in [0.717, 1.165) is 0 Å². The largest absolute Gasteiger partial charge is 0.140 e. The molecule has 0 saturated heterocycles. The molecule has 2 aromatic heterocycles. The minimum atomic E-state index is 1.23. The maximum Gasteiger partial charge on any atom is 0.0352 e. The van der Waals surface area contributed by atoms with Crippen molar-refractivity contribution in [1.82, 2.24) is 0 Å². The van der Waals surface area contributed by atoms with E-state index in [9.17, 15) is 0 Å². The molecule has 0 spiro atoms. The van der Waals surface area contributed by atoms with Crippen molar-refractivity contribution in [2.75, 3.05) is 0 Å². The van der Waals surface area contributed by atoms with E-state index in [2.05, 4.69) is 74.5 Å². The topological polar surface area (TPSA) is 0 Å². The Morgan fingerprint density at radius 1 is 0.296 bits per heavy atom. The zero-order valence-corrected chi connectivity index (χ0v) is 36.0. The van der Waals surface area contributed by atoms with Crippen molar-refractivity contribution < 1.29 is 0 Å². The molecule has 4 aromatic carbocycles. The fourth-order valence-corrected chi connectivity index (χ4v) is 11.2. The molecule has 6 rings (SSSR count). The van der Waals surface area contributed by atoms with E-state index in [4.69, 9.17) is 0 Å². The lowest BCUT2D eigenvalue weighted by molar-refractivity contribution is 0.539. The molecular formula is C52H72S2. The normalized spacial score (nSPS) is 12.1. The standard InChI is InChI=1S/C52H72S2/c1-3-5-7-9-11-13-15-17-19-21-23-25-27-29-45-37-43-35-41-31-33-48-47(49(41)39-51(43)53-45)34-32-42-36-44-38-46(54-52(44)40-50(42)48)30-28-26-24-22-20-18-16-14-12-10-8-6-4-2/h31-40H,3-30H2,1-2H3. The molecule has 0 unspecified atom stereocenters. The van der Waals surface area contributed by atoms with Gasteiger partial charge < -0.3 is 0 Å². The van der Waals surface area contributed by atoms with Gasteiger partial charge in [-0.1, -0.05) is 192 Å². The number of hydrogen-bond donors (Lipinski definition) is 0. The van der Waals surface area contributed by atoms with Gasteiger partial charge in [0.25, 0.3) is 0 Å². The van der Waals surface area contributed by atoms with Crippen LogP contribution in [0.25, 0.3) is 52.5 Å². The molecule has 2 heterocycles. The molecular weight excluding hydrogens is 689 g/mol. The van der Waals surface area contributed by atoms with Crippen LogP contribution in [0.2, 0.25) is 0 Å². The minimum absolute atomic E-state index is 1.23. The Bertz CT molecular complexity index is 1830. The molecule has 54 heavy (non-hydrogen) atoms. The second-order valence-electron chi connectivity index (χ2n) is 16.9. The molecule has 6 aromatic rings. The van der Waals surface area contributed by atoms with E-state index < -0.39 is 0 Å². The maximum atomic E-state index is 2.49. The molecule has 0 bridgehead atoms. The first kappa shape index (κ1) is 41.2. The van der Waals surface area contributed by atoms with E-state index in [1.165, 1.54) is 232 Å². The Morgan fingerprint density at radius 3 is 0.944 bits per heavy atom. The van der Waals surface area contributed by atoms with Crippen LogP contribution in [0.4, 0.5) is 0 Å². The molecule has 0 aliphatic heterocycles. The highest BCUT2D eigenvalue weighted by atomic mass is 32.1. The van der Waals surface area contributed by atoms with E-state index in [0.29, 0.717) is 0 Å². The fraction of sp³-hybridized carbons (Fsp3) is 0.577. The summed E-state index contributed by atoms with van der Waals surface area (Å²) >= 11 is 4.06. The SMILES string of the molecule is CCCCCCCCCCCCCCCc1cc2cc3ccc4c5cc6sc(CCCCCCCCCCCCCCC)cc6cc5ccc4c3cc2s1. The van der Waals surface area contributed by atoms with Gasteiger partial charge in [0.1, 0.15) is 0 Å². The average molecular weight is 761 g/mol. The highest BCUT2D eigenvalue weighted by molar-refractivity contribution is 7.19. The molecule has 0 atom stereocenters. The lowest BCUT2D eigenvalue weighted by Gasteiger charge is -2.08. The van der Waals surface area contributed by atoms with Gasteiger partial charge in [-0.3, -0.25) is 0 Å². The summed E-state index contributed by atoms with van der Waals surface area (Å²) in [6.45, 7) is 4.61. The third-order valence-electron chi connectivity index (χ3n) is 12.3. The van der Waals surface area contributed by atoms with Gasteiger partial charge in [0.05, 0.1) is 0 Å². The molecule has 0 N–H and O–H groups in total. The maximum absolute atomic E-state index is 2.49. The van der Waals surface area contributed by atoms with Crippen LogP contribution in [0.3, 0.4) is 0 Å². The first-order chi connectivity index (χ1) is 26.7. The Kier molecular flexibility index (Phi) is 17.5. The molecule has 0 amide bonds. The zero-order valence-electron chi connectivity index (χ0n) is 34.4. The fourth-order valence-electron chi connectivity index (χ4n) is 8.94. The second kappa shape index (κ2) is 23.0. The number of rotatable bonds is 28. The van der Waals surface area contributed by atoms with Crippen molar-refractivity contribution >= 4 is 75.2 Å². The first-order valence-electron chi connectivity index (χ1n) is 23.0. The van der Waals surface area contributed by atoms with E-state index >= 15 is 0 Å². The Labute approximate surface area is 337 Å². The van der Waals surface area contributed by atoms with Crippen LogP contribution in [0.15, 0.2) is 60.7 Å². The number of benzene rings is 4. The molecule has 0 aliphatic rings. The number of hydrogen-bond acceptors (Lipinski definition) is 2. The van der Waals surface area contributed by atoms with Gasteiger partial charge in [-0.15, -0.1) is 22.7 Å². The van der Waals surface area contributed by atoms with Crippen molar-refractivity contribution in [3.05, 3.63) is 70.4 Å². The highest BCUT2D eigenvalue weighted by Gasteiger charge is 2.11. The van der Waals surface area contributed by atoms with E-state index in [1.807, 2.05) is 22.7 Å². The van der Waals surface area contributed by atoms with E-state index in [-0.39, 0.29) is 0 Å².